The Labute approximate surface area is 135 Å². The first kappa shape index (κ1) is 14.6. The Bertz CT molecular complexity index is 597. The van der Waals surface area contributed by atoms with Gasteiger partial charge in [0.05, 0.1) is 5.69 Å². The van der Waals surface area contributed by atoms with Crippen LogP contribution >= 0.6 is 15.9 Å². The Balaban J connectivity index is 1.85. The van der Waals surface area contributed by atoms with Crippen LogP contribution in [0.15, 0.2) is 53.0 Å². The first-order valence-corrected chi connectivity index (χ1v) is 8.33. The first-order valence-electron chi connectivity index (χ1n) is 7.53. The second-order valence-corrected chi connectivity index (χ2v) is 6.53. The summed E-state index contributed by atoms with van der Waals surface area (Å²) in [5.41, 5.74) is 3.95. The molecule has 0 bridgehead atoms. The summed E-state index contributed by atoms with van der Waals surface area (Å²) in [5, 5.41) is 3.67. The third kappa shape index (κ3) is 3.47. The van der Waals surface area contributed by atoms with E-state index in [1.165, 1.54) is 27.7 Å². The molecular weight excluding hydrogens is 324 g/mol. The van der Waals surface area contributed by atoms with Crippen molar-refractivity contribution in [1.82, 2.24) is 5.32 Å². The van der Waals surface area contributed by atoms with Crippen molar-refractivity contribution in [3.8, 4) is 0 Å². The van der Waals surface area contributed by atoms with Crippen LogP contribution in [-0.4, -0.2) is 19.6 Å². The minimum atomic E-state index is 0.391. The average Bonchev–Trinajstić information content (AvgIpc) is 2.74. The maximum Gasteiger partial charge on any atom is 0.0511 e. The molecule has 1 aliphatic heterocycles. The molecule has 1 fully saturated rings. The molecule has 0 amide bonds. The van der Waals surface area contributed by atoms with E-state index in [4.69, 9.17) is 0 Å². The van der Waals surface area contributed by atoms with E-state index < -0.39 is 0 Å². The molecule has 21 heavy (non-hydrogen) atoms. The minimum absolute atomic E-state index is 0.391. The highest BCUT2D eigenvalue weighted by Crippen LogP contribution is 2.30. The van der Waals surface area contributed by atoms with Gasteiger partial charge in [0.15, 0.2) is 0 Å². The Morgan fingerprint density at radius 2 is 1.95 bits per heavy atom. The number of halogens is 1. The van der Waals surface area contributed by atoms with Crippen molar-refractivity contribution in [1.29, 1.82) is 0 Å². The molecule has 0 aliphatic carbocycles. The molecule has 2 aromatic carbocycles. The molecule has 3 heteroatoms. The van der Waals surface area contributed by atoms with Crippen LogP contribution < -0.4 is 10.2 Å². The Morgan fingerprint density at radius 3 is 2.71 bits per heavy atom. The van der Waals surface area contributed by atoms with Gasteiger partial charge in [0.1, 0.15) is 0 Å². The van der Waals surface area contributed by atoms with Crippen LogP contribution in [0.1, 0.15) is 23.6 Å². The lowest BCUT2D eigenvalue weighted by atomic mass is 10.1. The number of benzene rings is 2. The molecule has 2 nitrogen and oxygen atoms in total. The quantitative estimate of drug-likeness (QED) is 0.873. The molecule has 110 valence electrons. The zero-order valence-electron chi connectivity index (χ0n) is 12.3. The SMILES string of the molecule is Cc1ccc(N2CCCNC(c3ccccc3)C2)c(Br)c1. The van der Waals surface area contributed by atoms with Gasteiger partial charge in [-0.1, -0.05) is 36.4 Å². The molecule has 1 heterocycles. The summed E-state index contributed by atoms with van der Waals surface area (Å²) < 4.78 is 1.19. The summed E-state index contributed by atoms with van der Waals surface area (Å²) in [4.78, 5) is 2.49. The summed E-state index contributed by atoms with van der Waals surface area (Å²) in [6, 6.07) is 17.8. The van der Waals surface area contributed by atoms with Crippen LogP contribution in [0.25, 0.3) is 0 Å². The number of hydrogen-bond donors (Lipinski definition) is 1. The standard InChI is InChI=1S/C18H21BrN2/c1-14-8-9-18(16(19)12-14)21-11-5-10-20-17(13-21)15-6-3-2-4-7-15/h2-4,6-9,12,17,20H,5,10-11,13H2,1H3. The van der Waals surface area contributed by atoms with Crippen LogP contribution in [0, 0.1) is 6.92 Å². The third-order valence-corrected chi connectivity index (χ3v) is 4.68. The van der Waals surface area contributed by atoms with E-state index in [0.29, 0.717) is 6.04 Å². The fourth-order valence-corrected chi connectivity index (χ4v) is 3.66. The molecule has 2 aromatic rings. The van der Waals surface area contributed by atoms with E-state index >= 15 is 0 Å². The predicted molar refractivity (Wildman–Crippen MR) is 92.9 cm³/mol. The highest BCUT2D eigenvalue weighted by Gasteiger charge is 2.20. The number of rotatable bonds is 2. The van der Waals surface area contributed by atoms with Gasteiger partial charge in [-0.25, -0.2) is 0 Å². The number of aryl methyl sites for hydroxylation is 1. The Morgan fingerprint density at radius 1 is 1.14 bits per heavy atom. The van der Waals surface area contributed by atoms with Gasteiger partial charge in [-0.05, 0) is 59.1 Å². The summed E-state index contributed by atoms with van der Waals surface area (Å²) in [6.45, 7) is 5.30. The second-order valence-electron chi connectivity index (χ2n) is 5.67. The summed E-state index contributed by atoms with van der Waals surface area (Å²) in [7, 11) is 0. The van der Waals surface area contributed by atoms with Gasteiger partial charge < -0.3 is 10.2 Å². The van der Waals surface area contributed by atoms with Crippen LogP contribution in [-0.2, 0) is 0 Å². The molecule has 1 unspecified atom stereocenters. The molecule has 1 N–H and O–H groups in total. The maximum atomic E-state index is 3.72. The summed E-state index contributed by atoms with van der Waals surface area (Å²) in [6.07, 6.45) is 1.17. The van der Waals surface area contributed by atoms with Crippen molar-refractivity contribution < 1.29 is 0 Å². The number of anilines is 1. The topological polar surface area (TPSA) is 15.3 Å². The molecular formula is C18H21BrN2. The number of nitrogens with zero attached hydrogens (tertiary/aromatic N) is 1. The van der Waals surface area contributed by atoms with Crippen LogP contribution in [0.3, 0.4) is 0 Å². The highest BCUT2D eigenvalue weighted by atomic mass is 79.9. The van der Waals surface area contributed by atoms with E-state index in [0.717, 1.165) is 19.6 Å². The van der Waals surface area contributed by atoms with Gasteiger partial charge in [0.25, 0.3) is 0 Å². The smallest absolute Gasteiger partial charge is 0.0511 e. The van der Waals surface area contributed by atoms with Gasteiger partial charge in [-0.2, -0.15) is 0 Å². The molecule has 1 aliphatic rings. The zero-order valence-corrected chi connectivity index (χ0v) is 13.9. The van der Waals surface area contributed by atoms with Crippen molar-refractivity contribution in [2.75, 3.05) is 24.5 Å². The normalized spacial score (nSPS) is 19.3. The van der Waals surface area contributed by atoms with E-state index in [1.807, 2.05) is 0 Å². The lowest BCUT2D eigenvalue weighted by Crippen LogP contribution is -2.31. The molecule has 1 atom stereocenters. The van der Waals surface area contributed by atoms with Gasteiger partial charge in [0.2, 0.25) is 0 Å². The van der Waals surface area contributed by atoms with E-state index in [2.05, 4.69) is 81.6 Å². The molecule has 3 rings (SSSR count). The molecule has 0 aromatic heterocycles. The summed E-state index contributed by atoms with van der Waals surface area (Å²) >= 11 is 3.72. The number of hydrogen-bond acceptors (Lipinski definition) is 2. The lowest BCUT2D eigenvalue weighted by Gasteiger charge is -2.28. The van der Waals surface area contributed by atoms with Gasteiger partial charge in [-0.3, -0.25) is 0 Å². The Hall–Kier alpha value is -1.32. The van der Waals surface area contributed by atoms with Crippen molar-refractivity contribution in [2.24, 2.45) is 0 Å². The summed E-state index contributed by atoms with van der Waals surface area (Å²) in [5.74, 6) is 0. The largest absolute Gasteiger partial charge is 0.369 e. The van der Waals surface area contributed by atoms with Gasteiger partial charge >= 0.3 is 0 Å². The van der Waals surface area contributed by atoms with Crippen LogP contribution in [0.4, 0.5) is 5.69 Å². The first-order chi connectivity index (χ1) is 10.2. The molecule has 0 spiro atoms. The fraction of sp³-hybridized carbons (Fsp3) is 0.333. The zero-order chi connectivity index (χ0) is 14.7. The van der Waals surface area contributed by atoms with Crippen LogP contribution in [0.5, 0.6) is 0 Å². The van der Waals surface area contributed by atoms with Crippen LogP contribution in [0.2, 0.25) is 0 Å². The predicted octanol–water partition coefficient (Wildman–Crippen LogP) is 4.30. The minimum Gasteiger partial charge on any atom is -0.369 e. The molecule has 1 saturated heterocycles. The average molecular weight is 345 g/mol. The fourth-order valence-electron chi connectivity index (χ4n) is 2.92. The third-order valence-electron chi connectivity index (χ3n) is 4.04. The number of nitrogens with one attached hydrogen (secondary N) is 1. The van der Waals surface area contributed by atoms with E-state index in [1.54, 1.807) is 0 Å². The molecule has 0 radical (unpaired) electrons. The lowest BCUT2D eigenvalue weighted by molar-refractivity contribution is 0.570. The van der Waals surface area contributed by atoms with Crippen molar-refractivity contribution in [3.05, 3.63) is 64.1 Å². The van der Waals surface area contributed by atoms with Crippen molar-refractivity contribution in [2.45, 2.75) is 19.4 Å². The van der Waals surface area contributed by atoms with Gasteiger partial charge in [-0.15, -0.1) is 0 Å². The second kappa shape index (κ2) is 6.63. The van der Waals surface area contributed by atoms with E-state index in [-0.39, 0.29) is 0 Å². The van der Waals surface area contributed by atoms with Crippen molar-refractivity contribution >= 4 is 21.6 Å². The van der Waals surface area contributed by atoms with Gasteiger partial charge in [0, 0.05) is 23.6 Å². The van der Waals surface area contributed by atoms with Crippen molar-refractivity contribution in [3.63, 3.8) is 0 Å². The Kier molecular flexibility index (Phi) is 4.61. The molecule has 0 saturated carbocycles. The maximum absolute atomic E-state index is 3.72. The monoisotopic (exact) mass is 344 g/mol. The van der Waals surface area contributed by atoms with E-state index in [9.17, 15) is 0 Å². The highest BCUT2D eigenvalue weighted by molar-refractivity contribution is 9.10.